The number of aliphatic imine (C=N–C) groups is 1. The fourth-order valence-corrected chi connectivity index (χ4v) is 3.27. The third kappa shape index (κ3) is 4.84. The first kappa shape index (κ1) is 18.9. The van der Waals surface area contributed by atoms with E-state index in [2.05, 4.69) is 38.3 Å². The Hall–Kier alpha value is -2.89. The SMILES string of the molecule is CN=C(NCc1cccc(OC)c1)N1CCN(c2ccc(OC)cc2)CC1. The van der Waals surface area contributed by atoms with Crippen LogP contribution in [0.4, 0.5) is 5.69 Å². The largest absolute Gasteiger partial charge is 0.497 e. The summed E-state index contributed by atoms with van der Waals surface area (Å²) in [6.45, 7) is 4.52. The molecule has 0 radical (unpaired) electrons. The Labute approximate surface area is 161 Å². The van der Waals surface area contributed by atoms with Crippen molar-refractivity contribution in [1.29, 1.82) is 0 Å². The fraction of sp³-hybridized carbons (Fsp3) is 0.381. The molecule has 0 amide bonds. The van der Waals surface area contributed by atoms with Crippen molar-refractivity contribution in [3.63, 3.8) is 0 Å². The van der Waals surface area contributed by atoms with Crippen molar-refractivity contribution < 1.29 is 9.47 Å². The minimum Gasteiger partial charge on any atom is -0.497 e. The first-order chi connectivity index (χ1) is 13.2. The van der Waals surface area contributed by atoms with Gasteiger partial charge in [-0.05, 0) is 42.0 Å². The molecule has 0 aromatic heterocycles. The van der Waals surface area contributed by atoms with E-state index in [1.807, 2.05) is 37.4 Å². The maximum atomic E-state index is 5.29. The zero-order chi connectivity index (χ0) is 19.1. The number of ether oxygens (including phenoxy) is 2. The number of benzene rings is 2. The number of piperazine rings is 1. The molecule has 1 heterocycles. The molecule has 0 atom stereocenters. The summed E-state index contributed by atoms with van der Waals surface area (Å²) in [5.74, 6) is 2.70. The van der Waals surface area contributed by atoms with Crippen molar-refractivity contribution in [3.8, 4) is 11.5 Å². The van der Waals surface area contributed by atoms with E-state index < -0.39 is 0 Å². The smallest absolute Gasteiger partial charge is 0.194 e. The number of hydrogen-bond donors (Lipinski definition) is 1. The molecule has 2 aromatic rings. The molecule has 0 aliphatic carbocycles. The van der Waals surface area contributed by atoms with Crippen LogP contribution in [0, 0.1) is 0 Å². The minimum atomic E-state index is 0.725. The predicted octanol–water partition coefficient (Wildman–Crippen LogP) is 2.60. The molecule has 1 aliphatic heterocycles. The van der Waals surface area contributed by atoms with Crippen molar-refractivity contribution in [2.75, 3.05) is 52.3 Å². The summed E-state index contributed by atoms with van der Waals surface area (Å²) in [6, 6.07) is 16.3. The number of rotatable bonds is 5. The van der Waals surface area contributed by atoms with E-state index in [9.17, 15) is 0 Å². The summed E-state index contributed by atoms with van der Waals surface area (Å²) >= 11 is 0. The lowest BCUT2D eigenvalue weighted by atomic mass is 10.2. The minimum absolute atomic E-state index is 0.725. The number of nitrogens with one attached hydrogen (secondary N) is 1. The van der Waals surface area contributed by atoms with E-state index in [1.54, 1.807) is 14.2 Å². The number of hydrogen-bond acceptors (Lipinski definition) is 4. The van der Waals surface area contributed by atoms with Gasteiger partial charge in [-0.3, -0.25) is 4.99 Å². The number of guanidine groups is 1. The Kier molecular flexibility index (Phi) is 6.41. The maximum absolute atomic E-state index is 5.29. The zero-order valence-electron chi connectivity index (χ0n) is 16.3. The van der Waals surface area contributed by atoms with Crippen molar-refractivity contribution >= 4 is 11.6 Å². The zero-order valence-corrected chi connectivity index (χ0v) is 16.3. The quantitative estimate of drug-likeness (QED) is 0.649. The molecule has 27 heavy (non-hydrogen) atoms. The van der Waals surface area contributed by atoms with E-state index in [-0.39, 0.29) is 0 Å². The van der Waals surface area contributed by atoms with Gasteiger partial charge >= 0.3 is 0 Å². The van der Waals surface area contributed by atoms with Gasteiger partial charge in [0.05, 0.1) is 14.2 Å². The lowest BCUT2D eigenvalue weighted by Gasteiger charge is -2.37. The second-order valence-corrected chi connectivity index (χ2v) is 6.42. The van der Waals surface area contributed by atoms with Gasteiger partial charge in [-0.2, -0.15) is 0 Å². The normalized spacial score (nSPS) is 14.9. The van der Waals surface area contributed by atoms with Crippen molar-refractivity contribution in [2.45, 2.75) is 6.54 Å². The number of methoxy groups -OCH3 is 2. The van der Waals surface area contributed by atoms with Crippen LogP contribution < -0.4 is 19.7 Å². The van der Waals surface area contributed by atoms with Crippen LogP contribution in [0.5, 0.6) is 11.5 Å². The Morgan fingerprint density at radius 2 is 1.67 bits per heavy atom. The molecule has 6 heteroatoms. The summed E-state index contributed by atoms with van der Waals surface area (Å²) < 4.78 is 10.5. The average Bonchev–Trinajstić information content (AvgIpc) is 2.75. The van der Waals surface area contributed by atoms with Crippen LogP contribution in [0.15, 0.2) is 53.5 Å². The summed E-state index contributed by atoms with van der Waals surface area (Å²) in [5, 5.41) is 3.46. The van der Waals surface area contributed by atoms with Crippen LogP contribution >= 0.6 is 0 Å². The van der Waals surface area contributed by atoms with E-state index in [0.717, 1.165) is 50.2 Å². The number of anilines is 1. The molecule has 1 N–H and O–H groups in total. The van der Waals surface area contributed by atoms with E-state index in [4.69, 9.17) is 9.47 Å². The lowest BCUT2D eigenvalue weighted by molar-refractivity contribution is 0.372. The van der Waals surface area contributed by atoms with E-state index in [0.29, 0.717) is 0 Å². The molecule has 0 spiro atoms. The molecule has 1 saturated heterocycles. The maximum Gasteiger partial charge on any atom is 0.194 e. The summed E-state index contributed by atoms with van der Waals surface area (Å²) in [5.41, 5.74) is 2.40. The van der Waals surface area contributed by atoms with Crippen LogP contribution in [0.3, 0.4) is 0 Å². The second-order valence-electron chi connectivity index (χ2n) is 6.42. The van der Waals surface area contributed by atoms with Crippen LogP contribution in [0.25, 0.3) is 0 Å². The molecule has 144 valence electrons. The summed E-state index contributed by atoms with van der Waals surface area (Å²) in [6.07, 6.45) is 0. The van der Waals surface area contributed by atoms with Crippen LogP contribution in [0.2, 0.25) is 0 Å². The van der Waals surface area contributed by atoms with Gasteiger partial charge in [0.25, 0.3) is 0 Å². The monoisotopic (exact) mass is 368 g/mol. The first-order valence-electron chi connectivity index (χ1n) is 9.21. The predicted molar refractivity (Wildman–Crippen MR) is 110 cm³/mol. The summed E-state index contributed by atoms with van der Waals surface area (Å²) in [4.78, 5) is 9.15. The Morgan fingerprint density at radius 1 is 0.963 bits per heavy atom. The van der Waals surface area contributed by atoms with Gasteiger partial charge in [-0.1, -0.05) is 12.1 Å². The second kappa shape index (κ2) is 9.16. The van der Waals surface area contributed by atoms with Crippen molar-refractivity contribution in [2.24, 2.45) is 4.99 Å². The summed E-state index contributed by atoms with van der Waals surface area (Å²) in [7, 11) is 5.22. The van der Waals surface area contributed by atoms with Crippen molar-refractivity contribution in [1.82, 2.24) is 10.2 Å². The van der Waals surface area contributed by atoms with Crippen LogP contribution in [-0.2, 0) is 6.54 Å². The molecular weight excluding hydrogens is 340 g/mol. The van der Waals surface area contributed by atoms with Gasteiger partial charge in [0.15, 0.2) is 5.96 Å². The highest BCUT2D eigenvalue weighted by molar-refractivity contribution is 5.80. The van der Waals surface area contributed by atoms with Gasteiger partial charge < -0.3 is 24.6 Å². The molecule has 1 fully saturated rings. The molecule has 1 aliphatic rings. The molecule has 0 bridgehead atoms. The lowest BCUT2D eigenvalue weighted by Crippen LogP contribution is -2.52. The Balaban J connectivity index is 1.53. The molecular formula is C21H28N4O2. The first-order valence-corrected chi connectivity index (χ1v) is 9.21. The standard InChI is InChI=1S/C21H28N4O2/c1-22-21(23-16-17-5-4-6-20(15-17)27-3)25-13-11-24(12-14-25)18-7-9-19(26-2)10-8-18/h4-10,15H,11-14,16H2,1-3H3,(H,22,23). The number of nitrogens with zero attached hydrogens (tertiary/aromatic N) is 3. The highest BCUT2D eigenvalue weighted by Crippen LogP contribution is 2.20. The van der Waals surface area contributed by atoms with Crippen molar-refractivity contribution in [3.05, 3.63) is 54.1 Å². The van der Waals surface area contributed by atoms with E-state index in [1.165, 1.54) is 11.3 Å². The van der Waals surface area contributed by atoms with Gasteiger partial charge in [0.1, 0.15) is 11.5 Å². The van der Waals surface area contributed by atoms with Gasteiger partial charge in [0.2, 0.25) is 0 Å². The molecule has 2 aromatic carbocycles. The molecule has 6 nitrogen and oxygen atoms in total. The molecule has 3 rings (SSSR count). The average molecular weight is 368 g/mol. The molecule has 0 unspecified atom stereocenters. The third-order valence-corrected chi connectivity index (χ3v) is 4.81. The molecule has 0 saturated carbocycles. The highest BCUT2D eigenvalue weighted by Gasteiger charge is 2.19. The highest BCUT2D eigenvalue weighted by atomic mass is 16.5. The van der Waals surface area contributed by atoms with Gasteiger partial charge in [0, 0.05) is 45.5 Å². The fourth-order valence-electron chi connectivity index (χ4n) is 3.27. The van der Waals surface area contributed by atoms with Gasteiger partial charge in [-0.25, -0.2) is 0 Å². The third-order valence-electron chi connectivity index (χ3n) is 4.81. The van der Waals surface area contributed by atoms with Crippen LogP contribution in [-0.4, -0.2) is 58.3 Å². The van der Waals surface area contributed by atoms with E-state index >= 15 is 0 Å². The Bertz CT molecular complexity index is 753. The van der Waals surface area contributed by atoms with Gasteiger partial charge in [-0.15, -0.1) is 0 Å². The Morgan fingerprint density at radius 3 is 2.30 bits per heavy atom. The topological polar surface area (TPSA) is 49.3 Å². The van der Waals surface area contributed by atoms with Crippen LogP contribution in [0.1, 0.15) is 5.56 Å².